The minimum absolute atomic E-state index is 0. The Morgan fingerprint density at radius 1 is 1.42 bits per heavy atom. The first-order valence-electron chi connectivity index (χ1n) is 6.79. The minimum atomic E-state index is -0.400. The van der Waals surface area contributed by atoms with Gasteiger partial charge in [0, 0.05) is 13.1 Å². The number of amides is 1. The first-order valence-corrected chi connectivity index (χ1v) is 6.79. The summed E-state index contributed by atoms with van der Waals surface area (Å²) in [5.74, 6) is 0.771. The summed E-state index contributed by atoms with van der Waals surface area (Å²) in [7, 11) is 0. The fourth-order valence-electron chi connectivity index (χ4n) is 2.56. The van der Waals surface area contributed by atoms with Crippen LogP contribution in [0.2, 0.25) is 0 Å². The molecule has 1 saturated heterocycles. The van der Waals surface area contributed by atoms with Crippen LogP contribution in [-0.4, -0.2) is 29.9 Å². The monoisotopic (exact) mass is 282 g/mol. The fraction of sp³-hybridized carbons (Fsp3) is 0.533. The summed E-state index contributed by atoms with van der Waals surface area (Å²) in [6.45, 7) is 3.94. The van der Waals surface area contributed by atoms with Crippen molar-refractivity contribution in [2.45, 2.75) is 32.2 Å². The van der Waals surface area contributed by atoms with Gasteiger partial charge in [0.05, 0.1) is 6.04 Å². The van der Waals surface area contributed by atoms with E-state index in [1.165, 1.54) is 0 Å². The molecule has 1 unspecified atom stereocenters. The van der Waals surface area contributed by atoms with Crippen molar-refractivity contribution in [3.05, 3.63) is 35.9 Å². The molecule has 0 aliphatic carbocycles. The average Bonchev–Trinajstić information content (AvgIpc) is 2.87. The highest BCUT2D eigenvalue weighted by Crippen LogP contribution is 2.19. The summed E-state index contributed by atoms with van der Waals surface area (Å²) in [6.07, 6.45) is 2.91. The smallest absolute Gasteiger partial charge is 0.239 e. The molecule has 1 aromatic carbocycles. The molecule has 1 aromatic rings. The second-order valence-corrected chi connectivity index (χ2v) is 5.14. The van der Waals surface area contributed by atoms with Crippen LogP contribution in [-0.2, 0) is 11.2 Å². The maximum atomic E-state index is 12.2. The highest BCUT2D eigenvalue weighted by molar-refractivity contribution is 5.85. The molecule has 0 aromatic heterocycles. The minimum Gasteiger partial charge on any atom is -0.341 e. The van der Waals surface area contributed by atoms with Crippen LogP contribution in [0.1, 0.15) is 25.3 Å². The molecule has 3 nitrogen and oxygen atoms in total. The van der Waals surface area contributed by atoms with E-state index >= 15 is 0 Å². The number of rotatable bonds is 4. The zero-order valence-electron chi connectivity index (χ0n) is 11.4. The zero-order chi connectivity index (χ0) is 13.0. The van der Waals surface area contributed by atoms with Gasteiger partial charge in [0.1, 0.15) is 0 Å². The van der Waals surface area contributed by atoms with Crippen molar-refractivity contribution in [2.24, 2.45) is 11.7 Å². The van der Waals surface area contributed by atoms with Crippen molar-refractivity contribution in [3.63, 3.8) is 0 Å². The van der Waals surface area contributed by atoms with Gasteiger partial charge in [0.15, 0.2) is 0 Å². The Balaban J connectivity index is 0.00000180. The Morgan fingerprint density at radius 3 is 2.68 bits per heavy atom. The molecule has 106 valence electrons. The molecule has 1 fully saturated rings. The van der Waals surface area contributed by atoms with Crippen LogP contribution < -0.4 is 5.73 Å². The SMILES string of the molecule is CCC1CCN(C(=O)[C@@H](N)Cc2ccccc2)C1.Cl. The molecule has 0 bridgehead atoms. The van der Waals surface area contributed by atoms with Crippen LogP contribution in [0.5, 0.6) is 0 Å². The van der Waals surface area contributed by atoms with E-state index in [2.05, 4.69) is 6.92 Å². The van der Waals surface area contributed by atoms with Crippen molar-refractivity contribution in [1.29, 1.82) is 0 Å². The highest BCUT2D eigenvalue weighted by atomic mass is 35.5. The second kappa shape index (κ2) is 7.51. The van der Waals surface area contributed by atoms with E-state index in [1.54, 1.807) is 0 Å². The van der Waals surface area contributed by atoms with E-state index in [9.17, 15) is 4.79 Å². The van der Waals surface area contributed by atoms with Gasteiger partial charge in [-0.3, -0.25) is 4.79 Å². The van der Waals surface area contributed by atoms with E-state index in [-0.39, 0.29) is 18.3 Å². The van der Waals surface area contributed by atoms with Gasteiger partial charge < -0.3 is 10.6 Å². The number of carbonyl (C=O) groups is 1. The molecule has 1 aliphatic heterocycles. The number of nitrogens with two attached hydrogens (primary N) is 1. The van der Waals surface area contributed by atoms with Crippen LogP contribution in [0.4, 0.5) is 0 Å². The van der Waals surface area contributed by atoms with E-state index in [1.807, 2.05) is 35.2 Å². The van der Waals surface area contributed by atoms with Gasteiger partial charge in [-0.15, -0.1) is 12.4 Å². The average molecular weight is 283 g/mol. The lowest BCUT2D eigenvalue weighted by Crippen LogP contribution is -2.43. The summed E-state index contributed by atoms with van der Waals surface area (Å²) in [5, 5.41) is 0. The standard InChI is InChI=1S/C15H22N2O.ClH/c1-2-12-8-9-17(11-12)15(18)14(16)10-13-6-4-3-5-7-13;/h3-7,12,14H,2,8-11,16H2,1H3;1H/t12?,14-;/m0./s1. The van der Waals surface area contributed by atoms with Gasteiger partial charge in [-0.05, 0) is 24.3 Å². The van der Waals surface area contributed by atoms with Gasteiger partial charge >= 0.3 is 0 Å². The van der Waals surface area contributed by atoms with E-state index in [0.29, 0.717) is 12.3 Å². The molecular weight excluding hydrogens is 260 g/mol. The Labute approximate surface area is 121 Å². The molecule has 2 N–H and O–H groups in total. The molecule has 1 heterocycles. The number of hydrogen-bond donors (Lipinski definition) is 1. The molecule has 19 heavy (non-hydrogen) atoms. The van der Waals surface area contributed by atoms with Crippen LogP contribution in [0, 0.1) is 5.92 Å². The Hall–Kier alpha value is -1.06. The largest absolute Gasteiger partial charge is 0.341 e. The van der Waals surface area contributed by atoms with Crippen LogP contribution in [0.15, 0.2) is 30.3 Å². The lowest BCUT2D eigenvalue weighted by atomic mass is 10.1. The predicted octanol–water partition coefficient (Wildman–Crippen LogP) is 2.24. The topological polar surface area (TPSA) is 46.3 Å². The molecule has 2 atom stereocenters. The predicted molar refractivity (Wildman–Crippen MR) is 80.3 cm³/mol. The van der Waals surface area contributed by atoms with Crippen molar-refractivity contribution < 1.29 is 4.79 Å². The number of hydrogen-bond acceptors (Lipinski definition) is 2. The van der Waals surface area contributed by atoms with Crippen LogP contribution >= 0.6 is 12.4 Å². The molecule has 1 aliphatic rings. The third-order valence-corrected chi connectivity index (χ3v) is 3.79. The molecular formula is C15H23ClN2O. The Kier molecular flexibility index (Phi) is 6.32. The highest BCUT2D eigenvalue weighted by Gasteiger charge is 2.28. The van der Waals surface area contributed by atoms with Crippen molar-refractivity contribution >= 4 is 18.3 Å². The molecule has 0 spiro atoms. The fourth-order valence-corrected chi connectivity index (χ4v) is 2.56. The van der Waals surface area contributed by atoms with Gasteiger partial charge in [-0.2, -0.15) is 0 Å². The normalized spacial score (nSPS) is 19.9. The van der Waals surface area contributed by atoms with Gasteiger partial charge in [0.2, 0.25) is 5.91 Å². The third-order valence-electron chi connectivity index (χ3n) is 3.79. The number of likely N-dealkylation sites (tertiary alicyclic amines) is 1. The summed E-state index contributed by atoms with van der Waals surface area (Å²) in [4.78, 5) is 14.1. The van der Waals surface area contributed by atoms with Crippen LogP contribution in [0.3, 0.4) is 0 Å². The van der Waals surface area contributed by atoms with Crippen molar-refractivity contribution in [1.82, 2.24) is 4.90 Å². The third kappa shape index (κ3) is 4.22. The Bertz CT molecular complexity index is 396. The van der Waals surface area contributed by atoms with Gasteiger partial charge in [0.25, 0.3) is 0 Å². The molecule has 0 radical (unpaired) electrons. The molecule has 0 saturated carbocycles. The quantitative estimate of drug-likeness (QED) is 0.921. The summed E-state index contributed by atoms with van der Waals surface area (Å²) < 4.78 is 0. The first-order chi connectivity index (χ1) is 8.70. The maximum Gasteiger partial charge on any atom is 0.239 e. The van der Waals surface area contributed by atoms with E-state index in [0.717, 1.165) is 31.5 Å². The summed E-state index contributed by atoms with van der Waals surface area (Å²) >= 11 is 0. The van der Waals surface area contributed by atoms with Gasteiger partial charge in [-0.1, -0.05) is 43.7 Å². The summed E-state index contributed by atoms with van der Waals surface area (Å²) in [6, 6.07) is 9.58. The second-order valence-electron chi connectivity index (χ2n) is 5.14. The number of carbonyl (C=O) groups excluding carboxylic acids is 1. The maximum absolute atomic E-state index is 12.2. The number of nitrogens with zero attached hydrogens (tertiary/aromatic N) is 1. The van der Waals surface area contributed by atoms with E-state index < -0.39 is 6.04 Å². The van der Waals surface area contributed by atoms with Gasteiger partial charge in [-0.25, -0.2) is 0 Å². The summed E-state index contributed by atoms with van der Waals surface area (Å²) in [5.41, 5.74) is 7.15. The lowest BCUT2D eigenvalue weighted by molar-refractivity contribution is -0.131. The molecule has 4 heteroatoms. The molecule has 1 amide bonds. The lowest BCUT2D eigenvalue weighted by Gasteiger charge is -2.21. The zero-order valence-corrected chi connectivity index (χ0v) is 12.2. The number of halogens is 1. The van der Waals surface area contributed by atoms with E-state index in [4.69, 9.17) is 5.73 Å². The first kappa shape index (κ1) is 16.0. The Morgan fingerprint density at radius 2 is 2.11 bits per heavy atom. The van der Waals surface area contributed by atoms with Crippen molar-refractivity contribution in [3.8, 4) is 0 Å². The van der Waals surface area contributed by atoms with Crippen LogP contribution in [0.25, 0.3) is 0 Å². The van der Waals surface area contributed by atoms with Crippen molar-refractivity contribution in [2.75, 3.05) is 13.1 Å². The number of benzene rings is 1. The molecule has 2 rings (SSSR count).